The molecule has 0 radical (unpaired) electrons. The lowest BCUT2D eigenvalue weighted by Gasteiger charge is -2.32. The zero-order valence-corrected chi connectivity index (χ0v) is 26.2. The van der Waals surface area contributed by atoms with Gasteiger partial charge < -0.3 is 10.2 Å². The summed E-state index contributed by atoms with van der Waals surface area (Å²) in [5, 5.41) is 3.63. The number of halogens is 1. The van der Waals surface area contributed by atoms with Gasteiger partial charge >= 0.3 is 0 Å². The first-order valence-corrected chi connectivity index (χ1v) is 16.6. The molecule has 0 aromatic heterocycles. The second-order valence-corrected chi connectivity index (χ2v) is 13.4. The van der Waals surface area contributed by atoms with E-state index in [1.54, 1.807) is 41.3 Å². The predicted octanol–water partition coefficient (Wildman–Crippen LogP) is 6.11. The Morgan fingerprint density at radius 1 is 0.841 bits per heavy atom. The van der Waals surface area contributed by atoms with Crippen molar-refractivity contribution in [1.29, 1.82) is 0 Å². The van der Waals surface area contributed by atoms with Crippen molar-refractivity contribution in [2.45, 2.75) is 62.7 Å². The number of aryl methyl sites for hydroxylation is 2. The lowest BCUT2D eigenvalue weighted by molar-refractivity contribution is -0.141. The molecule has 0 bridgehead atoms. The second kappa shape index (κ2) is 14.2. The molecule has 1 atom stereocenters. The van der Waals surface area contributed by atoms with Gasteiger partial charge in [-0.2, -0.15) is 0 Å². The summed E-state index contributed by atoms with van der Waals surface area (Å²) in [7, 11) is -3.55. The predicted molar refractivity (Wildman–Crippen MR) is 172 cm³/mol. The van der Waals surface area contributed by atoms with Gasteiger partial charge in [-0.25, -0.2) is 13.1 Å². The van der Waals surface area contributed by atoms with Crippen LogP contribution in [0.2, 0.25) is 5.02 Å². The minimum Gasteiger partial charge on any atom is -0.350 e. The van der Waals surface area contributed by atoms with E-state index in [1.165, 1.54) is 0 Å². The molecular formula is C35H36ClN3O4S. The van der Waals surface area contributed by atoms with Crippen LogP contribution in [0.4, 0.5) is 0 Å². The van der Waals surface area contributed by atoms with Crippen LogP contribution in [0.25, 0.3) is 0 Å². The van der Waals surface area contributed by atoms with Crippen LogP contribution in [-0.2, 0) is 39.1 Å². The maximum absolute atomic E-state index is 14.0. The summed E-state index contributed by atoms with van der Waals surface area (Å²) in [6, 6.07) is 30.2. The molecule has 0 aliphatic heterocycles. The van der Waals surface area contributed by atoms with Gasteiger partial charge in [-0.15, -0.1) is 0 Å². The third-order valence-electron chi connectivity index (χ3n) is 7.61. The van der Waals surface area contributed by atoms with E-state index < -0.39 is 16.1 Å². The highest BCUT2D eigenvalue weighted by molar-refractivity contribution is 7.89. The van der Waals surface area contributed by atoms with Crippen LogP contribution in [-0.4, -0.2) is 31.2 Å². The van der Waals surface area contributed by atoms with Gasteiger partial charge in [-0.1, -0.05) is 96.0 Å². The highest BCUT2D eigenvalue weighted by Gasteiger charge is 2.31. The zero-order chi connectivity index (χ0) is 31.1. The SMILES string of the molecule is Cc1ccc(CNC(=O)[C@H](c2ccccc2)N(Cc2ccc(Cl)cc2)C(=O)CCc2ccc(S(=O)(=O)NC3CC3)cc2)cc1. The minimum atomic E-state index is -3.55. The van der Waals surface area contributed by atoms with Crippen molar-refractivity contribution in [3.63, 3.8) is 0 Å². The van der Waals surface area contributed by atoms with Crippen molar-refractivity contribution in [1.82, 2.24) is 14.9 Å². The highest BCUT2D eigenvalue weighted by Crippen LogP contribution is 2.26. The quantitative estimate of drug-likeness (QED) is 0.187. The lowest BCUT2D eigenvalue weighted by Crippen LogP contribution is -2.43. The van der Waals surface area contributed by atoms with Crippen molar-refractivity contribution in [3.8, 4) is 0 Å². The van der Waals surface area contributed by atoms with Crippen LogP contribution >= 0.6 is 11.6 Å². The summed E-state index contributed by atoms with van der Waals surface area (Å²) in [4.78, 5) is 29.7. The Balaban J connectivity index is 1.37. The van der Waals surface area contributed by atoms with E-state index in [0.717, 1.165) is 35.1 Å². The van der Waals surface area contributed by atoms with E-state index >= 15 is 0 Å². The topological polar surface area (TPSA) is 95.6 Å². The monoisotopic (exact) mass is 629 g/mol. The number of hydrogen-bond acceptors (Lipinski definition) is 4. The maximum Gasteiger partial charge on any atom is 0.247 e. The molecule has 0 saturated heterocycles. The summed E-state index contributed by atoms with van der Waals surface area (Å²) in [5.74, 6) is -0.483. The summed E-state index contributed by atoms with van der Waals surface area (Å²) in [6.45, 7) is 2.55. The molecule has 4 aromatic rings. The second-order valence-electron chi connectivity index (χ2n) is 11.2. The smallest absolute Gasteiger partial charge is 0.247 e. The molecule has 1 saturated carbocycles. The lowest BCUT2D eigenvalue weighted by atomic mass is 10.0. The largest absolute Gasteiger partial charge is 0.350 e. The van der Waals surface area contributed by atoms with Crippen LogP contribution < -0.4 is 10.0 Å². The molecule has 0 unspecified atom stereocenters. The first-order chi connectivity index (χ1) is 21.2. The zero-order valence-electron chi connectivity index (χ0n) is 24.6. The van der Waals surface area contributed by atoms with Gasteiger partial charge in [-0.05, 0) is 72.7 Å². The normalized spacial score (nSPS) is 13.7. The maximum atomic E-state index is 14.0. The number of carbonyl (C=O) groups is 2. The van der Waals surface area contributed by atoms with E-state index in [-0.39, 0.29) is 35.7 Å². The Kier molecular flexibility index (Phi) is 10.1. The van der Waals surface area contributed by atoms with Gasteiger partial charge in [0.1, 0.15) is 6.04 Å². The molecular weight excluding hydrogens is 594 g/mol. The fourth-order valence-electron chi connectivity index (χ4n) is 4.93. The average Bonchev–Trinajstić information content (AvgIpc) is 3.84. The van der Waals surface area contributed by atoms with E-state index in [2.05, 4.69) is 10.0 Å². The van der Waals surface area contributed by atoms with Crippen LogP contribution in [0.3, 0.4) is 0 Å². The van der Waals surface area contributed by atoms with Crippen molar-refractivity contribution in [2.24, 2.45) is 0 Å². The summed E-state index contributed by atoms with van der Waals surface area (Å²) >= 11 is 6.13. The third-order valence-corrected chi connectivity index (χ3v) is 9.40. The molecule has 0 heterocycles. The Labute approximate surface area is 264 Å². The number of nitrogens with zero attached hydrogens (tertiary/aromatic N) is 1. The van der Waals surface area contributed by atoms with E-state index in [0.29, 0.717) is 23.6 Å². The summed E-state index contributed by atoms with van der Waals surface area (Å²) in [6.07, 6.45) is 2.24. The van der Waals surface area contributed by atoms with Gasteiger partial charge in [0.15, 0.2) is 0 Å². The number of benzene rings is 4. The van der Waals surface area contributed by atoms with Crippen molar-refractivity contribution < 1.29 is 18.0 Å². The van der Waals surface area contributed by atoms with Crippen molar-refractivity contribution in [2.75, 3.05) is 0 Å². The number of rotatable bonds is 13. The van der Waals surface area contributed by atoms with Gasteiger partial charge in [0.2, 0.25) is 21.8 Å². The summed E-state index contributed by atoms with van der Waals surface area (Å²) < 4.78 is 27.8. The molecule has 1 fully saturated rings. The molecule has 228 valence electrons. The first-order valence-electron chi connectivity index (χ1n) is 14.7. The molecule has 2 N–H and O–H groups in total. The van der Waals surface area contributed by atoms with Crippen LogP contribution in [0.1, 0.15) is 53.1 Å². The first kappa shape index (κ1) is 31.4. The molecule has 7 nitrogen and oxygen atoms in total. The standard InChI is InChI=1S/C35H36ClN3O4S/c1-25-7-9-27(10-8-25)23-37-35(41)34(29-5-3-2-4-6-29)39(24-28-11-16-30(36)17-12-28)33(40)22-15-26-13-20-32(21-14-26)44(42,43)38-31-18-19-31/h2-14,16-17,20-21,31,34,38H,15,18-19,22-24H2,1H3,(H,37,41)/t34-/m0/s1. The Hall–Kier alpha value is -3.98. The van der Waals surface area contributed by atoms with Gasteiger partial charge in [0.25, 0.3) is 0 Å². The number of hydrogen-bond donors (Lipinski definition) is 2. The summed E-state index contributed by atoms with van der Waals surface area (Å²) in [5.41, 5.74) is 4.47. The molecule has 44 heavy (non-hydrogen) atoms. The van der Waals surface area contributed by atoms with Crippen LogP contribution in [0.15, 0.2) is 108 Å². The average molecular weight is 630 g/mol. The van der Waals surface area contributed by atoms with Crippen molar-refractivity contribution in [3.05, 3.63) is 136 Å². The van der Waals surface area contributed by atoms with Gasteiger partial charge in [0, 0.05) is 30.6 Å². The van der Waals surface area contributed by atoms with E-state index in [4.69, 9.17) is 11.6 Å². The molecule has 9 heteroatoms. The van der Waals surface area contributed by atoms with Gasteiger partial charge in [-0.3, -0.25) is 9.59 Å². The fraction of sp³-hybridized carbons (Fsp3) is 0.257. The van der Waals surface area contributed by atoms with E-state index in [9.17, 15) is 18.0 Å². The fourth-order valence-corrected chi connectivity index (χ4v) is 6.36. The Morgan fingerprint density at radius 3 is 2.09 bits per heavy atom. The Bertz CT molecular complexity index is 1670. The third kappa shape index (κ3) is 8.56. The molecule has 4 aromatic carbocycles. The molecule has 0 spiro atoms. The van der Waals surface area contributed by atoms with Gasteiger partial charge in [0.05, 0.1) is 4.90 Å². The molecule has 1 aliphatic carbocycles. The molecule has 1 aliphatic rings. The highest BCUT2D eigenvalue weighted by atomic mass is 35.5. The van der Waals surface area contributed by atoms with Crippen LogP contribution in [0.5, 0.6) is 0 Å². The van der Waals surface area contributed by atoms with E-state index in [1.807, 2.05) is 73.7 Å². The number of sulfonamides is 1. The minimum absolute atomic E-state index is 0.0237. The van der Waals surface area contributed by atoms with Crippen molar-refractivity contribution >= 4 is 33.4 Å². The number of carbonyl (C=O) groups excluding carboxylic acids is 2. The number of amides is 2. The molecule has 5 rings (SSSR count). The Morgan fingerprint density at radius 2 is 1.45 bits per heavy atom. The van der Waals surface area contributed by atoms with Crippen LogP contribution in [0, 0.1) is 6.92 Å². The number of nitrogens with one attached hydrogen (secondary N) is 2. The molecule has 2 amide bonds.